The predicted octanol–water partition coefficient (Wildman–Crippen LogP) is 22.7. The van der Waals surface area contributed by atoms with Gasteiger partial charge in [0.1, 0.15) is 13.2 Å². The van der Waals surface area contributed by atoms with E-state index < -0.39 is 6.10 Å². The number of carbonyl (C=O) groups excluding carboxylic acids is 3. The molecule has 0 fully saturated rings. The quantitative estimate of drug-likeness (QED) is 0.0261. The number of ether oxygens (including phenoxy) is 3. The first-order valence-corrected chi connectivity index (χ1v) is 33.3. The summed E-state index contributed by atoms with van der Waals surface area (Å²) in [4.78, 5) is 38.4. The lowest BCUT2D eigenvalue weighted by atomic mass is 10.0. The van der Waals surface area contributed by atoms with Crippen LogP contribution in [-0.4, -0.2) is 37.2 Å². The van der Waals surface area contributed by atoms with Gasteiger partial charge >= 0.3 is 17.9 Å². The Morgan fingerprint density at radius 3 is 0.803 bits per heavy atom. The highest BCUT2D eigenvalue weighted by atomic mass is 16.6. The molecule has 0 N–H and O–H groups in total. The second kappa shape index (κ2) is 64.6. The van der Waals surface area contributed by atoms with Crippen molar-refractivity contribution in [3.8, 4) is 0 Å². The second-order valence-corrected chi connectivity index (χ2v) is 22.4. The number of esters is 3. The van der Waals surface area contributed by atoms with Gasteiger partial charge in [-0.05, 0) is 57.8 Å². The van der Waals surface area contributed by atoms with E-state index in [0.717, 1.165) is 77.0 Å². The third-order valence-electron chi connectivity index (χ3n) is 14.8. The van der Waals surface area contributed by atoms with Gasteiger partial charge in [-0.1, -0.05) is 332 Å². The van der Waals surface area contributed by atoms with Crippen molar-refractivity contribution in [1.82, 2.24) is 0 Å². The molecule has 0 heterocycles. The fourth-order valence-corrected chi connectivity index (χ4v) is 9.84. The molecule has 6 nitrogen and oxygen atoms in total. The zero-order chi connectivity index (χ0) is 55.0. The largest absolute Gasteiger partial charge is 0.462 e. The molecule has 0 radical (unpaired) electrons. The van der Waals surface area contributed by atoms with Gasteiger partial charge in [-0.2, -0.15) is 0 Å². The number of unbranched alkanes of at least 4 members (excludes halogenated alkanes) is 40. The zero-order valence-electron chi connectivity index (χ0n) is 50.8. The SMILES string of the molecule is CC/C=C\C/C=C\C/C=C\C/C=C\C/C=C\CCCC(=O)OCC(COC(=O)CCCCCCCCCCCCCCCCCCCCCCCC)OC(=O)CCCCCCCCCCCCCCCCCCCCC. The lowest BCUT2D eigenvalue weighted by molar-refractivity contribution is -0.167. The summed E-state index contributed by atoms with van der Waals surface area (Å²) in [5.74, 6) is -0.924. The minimum Gasteiger partial charge on any atom is -0.462 e. The molecule has 76 heavy (non-hydrogen) atoms. The van der Waals surface area contributed by atoms with Gasteiger partial charge in [-0.15, -0.1) is 0 Å². The van der Waals surface area contributed by atoms with E-state index >= 15 is 0 Å². The molecule has 442 valence electrons. The topological polar surface area (TPSA) is 78.9 Å². The maximum Gasteiger partial charge on any atom is 0.306 e. The first-order valence-electron chi connectivity index (χ1n) is 33.3. The summed E-state index contributed by atoms with van der Waals surface area (Å²) in [5.41, 5.74) is 0. The first kappa shape index (κ1) is 73.1. The van der Waals surface area contributed by atoms with Crippen LogP contribution in [0.15, 0.2) is 60.8 Å². The summed E-state index contributed by atoms with van der Waals surface area (Å²) in [7, 11) is 0. The molecule has 0 spiro atoms. The average molecular weight is 1060 g/mol. The minimum atomic E-state index is -0.795. The zero-order valence-corrected chi connectivity index (χ0v) is 50.8. The number of hydrogen-bond acceptors (Lipinski definition) is 6. The molecule has 0 saturated heterocycles. The van der Waals surface area contributed by atoms with Crippen LogP contribution >= 0.6 is 0 Å². The van der Waals surface area contributed by atoms with E-state index in [2.05, 4.69) is 81.5 Å². The van der Waals surface area contributed by atoms with Gasteiger partial charge in [0.15, 0.2) is 6.10 Å². The highest BCUT2D eigenvalue weighted by molar-refractivity contribution is 5.71. The van der Waals surface area contributed by atoms with Crippen molar-refractivity contribution in [3.05, 3.63) is 60.8 Å². The molecule has 0 aromatic carbocycles. The molecule has 6 heteroatoms. The van der Waals surface area contributed by atoms with Gasteiger partial charge in [-0.25, -0.2) is 0 Å². The van der Waals surface area contributed by atoms with Crippen LogP contribution in [0.2, 0.25) is 0 Å². The molecule has 0 aliphatic rings. The molecule has 1 unspecified atom stereocenters. The van der Waals surface area contributed by atoms with Crippen LogP contribution in [0.4, 0.5) is 0 Å². The van der Waals surface area contributed by atoms with E-state index in [9.17, 15) is 14.4 Å². The van der Waals surface area contributed by atoms with E-state index in [1.54, 1.807) is 0 Å². The number of hydrogen-bond donors (Lipinski definition) is 0. The van der Waals surface area contributed by atoms with Crippen LogP contribution in [0.25, 0.3) is 0 Å². The van der Waals surface area contributed by atoms with Crippen molar-refractivity contribution in [2.75, 3.05) is 13.2 Å². The normalized spacial score (nSPS) is 12.4. The Morgan fingerprint density at radius 2 is 0.513 bits per heavy atom. The Kier molecular flexibility index (Phi) is 62.2. The molecule has 0 bridgehead atoms. The second-order valence-electron chi connectivity index (χ2n) is 22.4. The van der Waals surface area contributed by atoms with Crippen molar-refractivity contribution in [2.45, 2.75) is 354 Å². The van der Waals surface area contributed by atoms with E-state index in [-0.39, 0.29) is 37.5 Å². The molecule has 0 aromatic heterocycles. The fraction of sp³-hybridized carbons (Fsp3) is 0.814. The average Bonchev–Trinajstić information content (AvgIpc) is 3.42. The number of carbonyl (C=O) groups is 3. The Bertz CT molecular complexity index is 1360. The Balaban J connectivity index is 4.37. The van der Waals surface area contributed by atoms with Crippen LogP contribution in [0, 0.1) is 0 Å². The molecule has 0 aromatic rings. The highest BCUT2D eigenvalue weighted by Crippen LogP contribution is 2.18. The lowest BCUT2D eigenvalue weighted by Gasteiger charge is -2.18. The molecule has 0 aliphatic carbocycles. The molecule has 0 amide bonds. The molecule has 0 aliphatic heterocycles. The first-order chi connectivity index (χ1) is 37.5. The van der Waals surface area contributed by atoms with E-state index in [1.807, 2.05) is 0 Å². The van der Waals surface area contributed by atoms with E-state index in [1.165, 1.54) is 225 Å². The van der Waals surface area contributed by atoms with E-state index in [4.69, 9.17) is 14.2 Å². The highest BCUT2D eigenvalue weighted by Gasteiger charge is 2.19. The monoisotopic (exact) mass is 1060 g/mol. The number of allylic oxidation sites excluding steroid dienone is 10. The van der Waals surface area contributed by atoms with Gasteiger partial charge < -0.3 is 14.2 Å². The van der Waals surface area contributed by atoms with Crippen molar-refractivity contribution in [2.24, 2.45) is 0 Å². The summed E-state index contributed by atoms with van der Waals surface area (Å²) in [6.45, 7) is 6.54. The predicted molar refractivity (Wildman–Crippen MR) is 330 cm³/mol. The van der Waals surface area contributed by atoms with Crippen LogP contribution in [0.1, 0.15) is 348 Å². The van der Waals surface area contributed by atoms with E-state index in [0.29, 0.717) is 19.3 Å². The van der Waals surface area contributed by atoms with Crippen molar-refractivity contribution >= 4 is 17.9 Å². The van der Waals surface area contributed by atoms with Gasteiger partial charge in [0.2, 0.25) is 0 Å². The Hall–Kier alpha value is -2.89. The Labute approximate surface area is 472 Å². The van der Waals surface area contributed by atoms with Crippen LogP contribution in [0.5, 0.6) is 0 Å². The van der Waals surface area contributed by atoms with Gasteiger partial charge in [-0.3, -0.25) is 14.4 Å². The summed E-state index contributed by atoms with van der Waals surface area (Å²) < 4.78 is 16.9. The summed E-state index contributed by atoms with van der Waals surface area (Å²) in [6, 6.07) is 0. The lowest BCUT2D eigenvalue weighted by Crippen LogP contribution is -2.30. The Morgan fingerprint density at radius 1 is 0.276 bits per heavy atom. The molecule has 0 rings (SSSR count). The van der Waals surface area contributed by atoms with Crippen LogP contribution in [-0.2, 0) is 28.6 Å². The third-order valence-corrected chi connectivity index (χ3v) is 14.8. The van der Waals surface area contributed by atoms with Gasteiger partial charge in [0.25, 0.3) is 0 Å². The molecular weight excluding hydrogens is 937 g/mol. The molecule has 1 atom stereocenters. The summed E-state index contributed by atoms with van der Waals surface area (Å²) in [6.07, 6.45) is 82.4. The molecular formula is C70H126O6. The fourth-order valence-electron chi connectivity index (χ4n) is 9.84. The third kappa shape index (κ3) is 62.0. The maximum atomic E-state index is 12.9. The van der Waals surface area contributed by atoms with Gasteiger partial charge in [0.05, 0.1) is 0 Å². The van der Waals surface area contributed by atoms with Gasteiger partial charge in [0, 0.05) is 19.3 Å². The minimum absolute atomic E-state index is 0.0869. The van der Waals surface area contributed by atoms with Crippen molar-refractivity contribution < 1.29 is 28.6 Å². The summed E-state index contributed by atoms with van der Waals surface area (Å²) in [5, 5.41) is 0. The van der Waals surface area contributed by atoms with Crippen molar-refractivity contribution in [3.63, 3.8) is 0 Å². The summed E-state index contributed by atoms with van der Waals surface area (Å²) >= 11 is 0. The van der Waals surface area contributed by atoms with Crippen molar-refractivity contribution in [1.29, 1.82) is 0 Å². The van der Waals surface area contributed by atoms with Crippen LogP contribution in [0.3, 0.4) is 0 Å². The maximum absolute atomic E-state index is 12.9. The molecule has 0 saturated carbocycles. The standard InChI is InChI=1S/C70H126O6/c1-4-7-10-13-16-19-22-25-28-31-33-34-35-37-39-42-45-48-51-54-57-60-63-69(72)75-66-67(65-74-68(71)62-59-56-53-50-47-44-41-38-30-27-24-21-18-15-12-9-6-3)76-70(73)64-61-58-55-52-49-46-43-40-36-32-29-26-23-20-17-14-11-8-5-2/h9,12,18,21,27,30,41,44,50,53,67H,4-8,10-11,13-17,19-20,22-26,28-29,31-40,42-43,45-49,51-52,54-66H2,1-3H3/b12-9-,21-18-,30-27-,44-41-,53-50-. The number of rotatable bonds is 61. The smallest absolute Gasteiger partial charge is 0.306 e. The van der Waals surface area contributed by atoms with Crippen LogP contribution < -0.4 is 0 Å².